The minimum atomic E-state index is -1.11. The SMILES string of the molecule is CC(OC(=O)C(C)SCC(=O)Nc1ccc(F)cc1)C(=O)Nc1ncc(Cl)cc1Cl. The lowest BCUT2D eigenvalue weighted by atomic mass is 10.3. The van der Waals surface area contributed by atoms with Crippen LogP contribution in [-0.4, -0.2) is 39.9 Å². The number of aromatic nitrogens is 1. The Morgan fingerprint density at radius 1 is 1.17 bits per heavy atom. The fourth-order valence-corrected chi connectivity index (χ4v) is 3.14. The van der Waals surface area contributed by atoms with Gasteiger partial charge in [0.1, 0.15) is 11.1 Å². The number of hydrogen-bond donors (Lipinski definition) is 2. The first-order chi connectivity index (χ1) is 14.2. The number of carbonyl (C=O) groups excluding carboxylic acids is 3. The van der Waals surface area contributed by atoms with Gasteiger partial charge in [0.25, 0.3) is 5.91 Å². The summed E-state index contributed by atoms with van der Waals surface area (Å²) < 4.78 is 18.0. The van der Waals surface area contributed by atoms with Crippen LogP contribution >= 0.6 is 35.0 Å². The van der Waals surface area contributed by atoms with Gasteiger partial charge in [-0.1, -0.05) is 23.2 Å². The molecule has 0 fully saturated rings. The lowest BCUT2D eigenvalue weighted by molar-refractivity contribution is -0.152. The third-order valence-corrected chi connectivity index (χ3v) is 5.25. The summed E-state index contributed by atoms with van der Waals surface area (Å²) in [5, 5.41) is 4.79. The molecule has 2 aromatic rings. The maximum absolute atomic E-state index is 12.9. The number of anilines is 2. The van der Waals surface area contributed by atoms with E-state index in [0.29, 0.717) is 10.7 Å². The van der Waals surface area contributed by atoms with Crippen LogP contribution in [0.25, 0.3) is 0 Å². The number of nitrogens with one attached hydrogen (secondary N) is 2. The van der Waals surface area contributed by atoms with Gasteiger partial charge in [0.05, 0.1) is 15.8 Å². The molecule has 0 radical (unpaired) electrons. The molecule has 0 saturated heterocycles. The molecule has 2 rings (SSSR count). The third-order valence-electron chi connectivity index (χ3n) is 3.64. The quantitative estimate of drug-likeness (QED) is 0.558. The molecule has 0 aliphatic heterocycles. The molecule has 1 aromatic heterocycles. The highest BCUT2D eigenvalue weighted by Crippen LogP contribution is 2.23. The summed E-state index contributed by atoms with van der Waals surface area (Å²) in [6, 6.07) is 6.72. The van der Waals surface area contributed by atoms with Crippen LogP contribution in [0.3, 0.4) is 0 Å². The first-order valence-electron chi connectivity index (χ1n) is 8.65. The van der Waals surface area contributed by atoms with E-state index in [1.165, 1.54) is 43.5 Å². The van der Waals surface area contributed by atoms with Crippen molar-refractivity contribution in [3.63, 3.8) is 0 Å². The molecule has 0 spiro atoms. The number of benzene rings is 1. The largest absolute Gasteiger partial charge is 0.452 e. The maximum atomic E-state index is 12.9. The Labute approximate surface area is 186 Å². The molecule has 1 heterocycles. The van der Waals surface area contributed by atoms with E-state index >= 15 is 0 Å². The van der Waals surface area contributed by atoms with Gasteiger partial charge in [0, 0.05) is 11.9 Å². The van der Waals surface area contributed by atoms with Crippen LogP contribution in [0, 0.1) is 5.82 Å². The van der Waals surface area contributed by atoms with Crippen LogP contribution in [0.4, 0.5) is 15.9 Å². The van der Waals surface area contributed by atoms with E-state index in [4.69, 9.17) is 27.9 Å². The smallest absolute Gasteiger partial charge is 0.319 e. The average molecular weight is 474 g/mol. The van der Waals surface area contributed by atoms with Crippen LogP contribution in [0.5, 0.6) is 0 Å². The first kappa shape index (κ1) is 23.9. The van der Waals surface area contributed by atoms with Crippen molar-refractivity contribution in [2.75, 3.05) is 16.4 Å². The number of halogens is 3. The molecule has 2 N–H and O–H groups in total. The molecule has 0 aliphatic rings. The Hall–Kier alpha value is -2.36. The Morgan fingerprint density at radius 3 is 2.47 bits per heavy atom. The first-order valence-corrected chi connectivity index (χ1v) is 10.5. The normalized spacial score (nSPS) is 12.6. The van der Waals surface area contributed by atoms with Crippen molar-refractivity contribution in [1.82, 2.24) is 4.98 Å². The van der Waals surface area contributed by atoms with E-state index in [2.05, 4.69) is 15.6 Å². The zero-order chi connectivity index (χ0) is 22.3. The molecule has 7 nitrogen and oxygen atoms in total. The Kier molecular flexibility index (Phi) is 8.88. The van der Waals surface area contributed by atoms with Crippen LogP contribution in [-0.2, 0) is 19.1 Å². The summed E-state index contributed by atoms with van der Waals surface area (Å²) >= 11 is 12.7. The second-order valence-electron chi connectivity index (χ2n) is 6.06. The van der Waals surface area contributed by atoms with Crippen LogP contribution in [0.2, 0.25) is 10.0 Å². The van der Waals surface area contributed by atoms with Crippen molar-refractivity contribution >= 4 is 64.3 Å². The van der Waals surface area contributed by atoms with Gasteiger partial charge < -0.3 is 15.4 Å². The molecule has 160 valence electrons. The predicted molar refractivity (Wildman–Crippen MR) is 115 cm³/mol. The predicted octanol–water partition coefficient (Wildman–Crippen LogP) is 4.16. The Morgan fingerprint density at radius 2 is 1.83 bits per heavy atom. The van der Waals surface area contributed by atoms with Crippen molar-refractivity contribution < 1.29 is 23.5 Å². The summed E-state index contributed by atoms with van der Waals surface area (Å²) in [6.07, 6.45) is 0.206. The molecule has 0 bridgehead atoms. The average Bonchev–Trinajstić information content (AvgIpc) is 2.69. The van der Waals surface area contributed by atoms with Crippen LogP contribution < -0.4 is 10.6 Å². The molecular formula is C19H18Cl2FN3O4S. The van der Waals surface area contributed by atoms with E-state index in [1.807, 2.05) is 0 Å². The van der Waals surface area contributed by atoms with Gasteiger partial charge in [0.2, 0.25) is 5.91 Å². The van der Waals surface area contributed by atoms with E-state index in [-0.39, 0.29) is 22.5 Å². The van der Waals surface area contributed by atoms with E-state index in [0.717, 1.165) is 11.8 Å². The number of carbonyl (C=O) groups is 3. The Bertz CT molecular complexity index is 930. The summed E-state index contributed by atoms with van der Waals surface area (Å²) in [5.41, 5.74) is 0.442. The van der Waals surface area contributed by atoms with Gasteiger partial charge in [-0.05, 0) is 44.2 Å². The minimum absolute atomic E-state index is 0.0292. The number of pyridine rings is 1. The summed E-state index contributed by atoms with van der Waals surface area (Å²) in [7, 11) is 0. The topological polar surface area (TPSA) is 97.4 Å². The number of amides is 2. The number of rotatable bonds is 8. The number of thioether (sulfide) groups is 1. The van der Waals surface area contributed by atoms with Crippen molar-refractivity contribution in [2.45, 2.75) is 25.2 Å². The van der Waals surface area contributed by atoms with Crippen molar-refractivity contribution in [2.24, 2.45) is 0 Å². The van der Waals surface area contributed by atoms with Gasteiger partial charge in [-0.2, -0.15) is 0 Å². The lowest BCUT2D eigenvalue weighted by Crippen LogP contribution is -2.33. The number of hydrogen-bond acceptors (Lipinski definition) is 6. The molecule has 2 unspecified atom stereocenters. The lowest BCUT2D eigenvalue weighted by Gasteiger charge is -2.16. The highest BCUT2D eigenvalue weighted by molar-refractivity contribution is 8.01. The summed E-state index contributed by atoms with van der Waals surface area (Å²) in [4.78, 5) is 40.2. The van der Waals surface area contributed by atoms with E-state index < -0.39 is 29.0 Å². The highest BCUT2D eigenvalue weighted by Gasteiger charge is 2.23. The molecule has 1 aromatic carbocycles. The second-order valence-corrected chi connectivity index (χ2v) is 8.23. The molecule has 2 amide bonds. The van der Waals surface area contributed by atoms with Crippen LogP contribution in [0.1, 0.15) is 13.8 Å². The van der Waals surface area contributed by atoms with Gasteiger partial charge in [-0.3, -0.25) is 14.4 Å². The van der Waals surface area contributed by atoms with E-state index in [9.17, 15) is 18.8 Å². The highest BCUT2D eigenvalue weighted by atomic mass is 35.5. The fourth-order valence-electron chi connectivity index (χ4n) is 2.05. The Balaban J connectivity index is 1.78. The molecule has 0 aliphatic carbocycles. The van der Waals surface area contributed by atoms with Crippen molar-refractivity contribution in [3.05, 3.63) is 52.4 Å². The van der Waals surface area contributed by atoms with Crippen LogP contribution in [0.15, 0.2) is 36.5 Å². The molecule has 11 heteroatoms. The standard InChI is InChI=1S/C19H18Cl2FN3O4S/c1-10(18(27)25-17-15(21)7-12(20)8-23-17)29-19(28)11(2)30-9-16(26)24-14-5-3-13(22)4-6-14/h3-8,10-11H,9H2,1-2H3,(H,24,26)(H,23,25,27). The molecular weight excluding hydrogens is 456 g/mol. The molecule has 30 heavy (non-hydrogen) atoms. The fraction of sp³-hybridized carbons (Fsp3) is 0.263. The number of esters is 1. The maximum Gasteiger partial charge on any atom is 0.319 e. The monoisotopic (exact) mass is 473 g/mol. The van der Waals surface area contributed by atoms with Gasteiger partial charge >= 0.3 is 5.97 Å². The van der Waals surface area contributed by atoms with Gasteiger partial charge in [-0.15, -0.1) is 11.8 Å². The van der Waals surface area contributed by atoms with Gasteiger partial charge in [-0.25, -0.2) is 9.37 Å². The second kappa shape index (κ2) is 11.1. The zero-order valence-corrected chi connectivity index (χ0v) is 18.3. The molecule has 2 atom stereocenters. The van der Waals surface area contributed by atoms with E-state index in [1.54, 1.807) is 6.92 Å². The third kappa shape index (κ3) is 7.47. The van der Waals surface area contributed by atoms with Gasteiger partial charge in [0.15, 0.2) is 11.9 Å². The summed E-state index contributed by atoms with van der Waals surface area (Å²) in [6.45, 7) is 2.95. The minimum Gasteiger partial charge on any atom is -0.452 e. The van der Waals surface area contributed by atoms with Crippen molar-refractivity contribution in [3.8, 4) is 0 Å². The zero-order valence-electron chi connectivity index (χ0n) is 15.9. The summed E-state index contributed by atoms with van der Waals surface area (Å²) in [5.74, 6) is -1.99. The number of nitrogens with zero attached hydrogens (tertiary/aromatic N) is 1. The molecule has 0 saturated carbocycles. The number of ether oxygens (including phenoxy) is 1. The van der Waals surface area contributed by atoms with Crippen molar-refractivity contribution in [1.29, 1.82) is 0 Å².